The Morgan fingerprint density at radius 2 is 1.97 bits per heavy atom. The van der Waals surface area contributed by atoms with Gasteiger partial charge in [0.15, 0.2) is 6.33 Å². The summed E-state index contributed by atoms with van der Waals surface area (Å²) in [6, 6.07) is 13.9. The predicted molar refractivity (Wildman–Crippen MR) is 120 cm³/mol. The predicted octanol–water partition coefficient (Wildman–Crippen LogP) is 2.66. The number of anilines is 1. The van der Waals surface area contributed by atoms with E-state index < -0.39 is 0 Å². The molecule has 1 amide bonds. The molecule has 166 valence electrons. The molecule has 1 atom stereocenters. The van der Waals surface area contributed by atoms with Gasteiger partial charge in [-0.05, 0) is 48.2 Å². The molecule has 5 rings (SSSR count). The van der Waals surface area contributed by atoms with E-state index in [4.69, 9.17) is 15.0 Å². The summed E-state index contributed by atoms with van der Waals surface area (Å²) in [6.45, 7) is 5.34. The minimum absolute atomic E-state index is 0.101. The largest absolute Gasteiger partial charge is 0.373 e. The van der Waals surface area contributed by atoms with Crippen molar-refractivity contribution in [2.24, 2.45) is 5.73 Å². The lowest BCUT2D eigenvalue weighted by atomic mass is 9.93. The third kappa shape index (κ3) is 4.24. The molecule has 3 heterocycles. The van der Waals surface area contributed by atoms with Crippen LogP contribution in [0.1, 0.15) is 34.0 Å². The van der Waals surface area contributed by atoms with Crippen molar-refractivity contribution in [1.82, 2.24) is 15.0 Å². The van der Waals surface area contributed by atoms with E-state index in [1.54, 1.807) is 6.07 Å². The Morgan fingerprint density at radius 1 is 1.12 bits per heavy atom. The van der Waals surface area contributed by atoms with Crippen LogP contribution in [0, 0.1) is 0 Å². The number of fused-ring (bicyclic) bond motifs is 1. The number of benzene rings is 2. The number of hydrogen-bond donors (Lipinski definition) is 1. The van der Waals surface area contributed by atoms with Gasteiger partial charge in [0, 0.05) is 44.0 Å². The van der Waals surface area contributed by atoms with Crippen molar-refractivity contribution >= 4 is 11.6 Å². The fraction of sp³-hybridized carbons (Fsp3) is 0.375. The summed E-state index contributed by atoms with van der Waals surface area (Å²) in [4.78, 5) is 20.6. The molecule has 1 unspecified atom stereocenters. The number of amides is 1. The van der Waals surface area contributed by atoms with Crippen LogP contribution in [0.5, 0.6) is 0 Å². The molecule has 1 fully saturated rings. The minimum Gasteiger partial charge on any atom is -0.373 e. The Kier molecular flexibility index (Phi) is 5.87. The zero-order chi connectivity index (χ0) is 21.9. The lowest BCUT2D eigenvalue weighted by Gasteiger charge is -2.37. The maximum Gasteiger partial charge on any atom is 0.257 e. The number of carbonyl (C=O) groups excluding carboxylic acids is 1. The molecular formula is C24H27N5O3. The quantitative estimate of drug-likeness (QED) is 0.638. The first-order chi connectivity index (χ1) is 15.7. The molecule has 8 heteroatoms. The molecule has 8 nitrogen and oxygen atoms in total. The van der Waals surface area contributed by atoms with Gasteiger partial charge in [0.05, 0.1) is 18.3 Å². The molecule has 1 saturated heterocycles. The maximum atomic E-state index is 11.8. The van der Waals surface area contributed by atoms with E-state index in [9.17, 15) is 4.79 Å². The molecule has 2 aliphatic heterocycles. The lowest BCUT2D eigenvalue weighted by molar-refractivity contribution is 0.0289. The Bertz CT molecular complexity index is 1080. The van der Waals surface area contributed by atoms with Gasteiger partial charge in [0.25, 0.3) is 11.8 Å². The molecule has 2 aromatic carbocycles. The van der Waals surface area contributed by atoms with Crippen molar-refractivity contribution < 1.29 is 14.1 Å². The van der Waals surface area contributed by atoms with Crippen LogP contribution in [0.4, 0.5) is 5.69 Å². The summed E-state index contributed by atoms with van der Waals surface area (Å²) < 4.78 is 11.3. The topological polar surface area (TPSA) is 97.7 Å². The smallest absolute Gasteiger partial charge is 0.257 e. The van der Waals surface area contributed by atoms with Gasteiger partial charge in [-0.15, -0.1) is 0 Å². The van der Waals surface area contributed by atoms with Crippen LogP contribution in [0.2, 0.25) is 0 Å². The third-order valence-electron chi connectivity index (χ3n) is 6.38. The number of carbonyl (C=O) groups is 1. The normalized spacial score (nSPS) is 19.0. The van der Waals surface area contributed by atoms with E-state index >= 15 is 0 Å². The first-order valence-corrected chi connectivity index (χ1v) is 11.1. The number of nitrogens with zero attached hydrogens (tertiary/aromatic N) is 4. The molecule has 2 N–H and O–H groups in total. The average molecular weight is 434 g/mol. The van der Waals surface area contributed by atoms with Gasteiger partial charge in [-0.3, -0.25) is 9.69 Å². The van der Waals surface area contributed by atoms with Crippen LogP contribution in [0.15, 0.2) is 53.3 Å². The van der Waals surface area contributed by atoms with E-state index in [2.05, 4.69) is 32.1 Å². The summed E-state index contributed by atoms with van der Waals surface area (Å²) in [5.74, 6) is 0.171. The number of rotatable bonds is 6. The Morgan fingerprint density at radius 3 is 2.75 bits per heavy atom. The lowest BCUT2D eigenvalue weighted by Crippen LogP contribution is -2.47. The molecule has 0 saturated carbocycles. The zero-order valence-corrected chi connectivity index (χ0v) is 17.9. The summed E-state index contributed by atoms with van der Waals surface area (Å²) in [7, 11) is 0. The van der Waals surface area contributed by atoms with E-state index in [-0.39, 0.29) is 12.0 Å². The van der Waals surface area contributed by atoms with Gasteiger partial charge < -0.3 is 19.9 Å². The number of para-hydroxylation sites is 1. The van der Waals surface area contributed by atoms with Crippen LogP contribution >= 0.6 is 0 Å². The average Bonchev–Trinajstić information content (AvgIpc) is 3.38. The second-order valence-corrected chi connectivity index (χ2v) is 8.27. The second kappa shape index (κ2) is 9.10. The van der Waals surface area contributed by atoms with Crippen LogP contribution in [-0.4, -0.2) is 60.3 Å². The zero-order valence-electron chi connectivity index (χ0n) is 17.9. The number of hydrogen-bond acceptors (Lipinski definition) is 7. The van der Waals surface area contributed by atoms with Crippen LogP contribution in [0.25, 0.3) is 11.5 Å². The molecule has 0 radical (unpaired) electrons. The van der Waals surface area contributed by atoms with E-state index in [1.165, 1.54) is 17.5 Å². The fourth-order valence-corrected chi connectivity index (χ4v) is 4.68. The van der Waals surface area contributed by atoms with Gasteiger partial charge in [0.1, 0.15) is 0 Å². The summed E-state index contributed by atoms with van der Waals surface area (Å²) in [6.07, 6.45) is 3.37. The van der Waals surface area contributed by atoms with Crippen LogP contribution in [0.3, 0.4) is 0 Å². The highest BCUT2D eigenvalue weighted by Crippen LogP contribution is 2.33. The second-order valence-electron chi connectivity index (χ2n) is 8.27. The van der Waals surface area contributed by atoms with E-state index in [0.29, 0.717) is 11.5 Å². The third-order valence-corrected chi connectivity index (χ3v) is 6.38. The van der Waals surface area contributed by atoms with Gasteiger partial charge in [-0.2, -0.15) is 4.98 Å². The van der Waals surface area contributed by atoms with Gasteiger partial charge in [-0.25, -0.2) is 0 Å². The van der Waals surface area contributed by atoms with E-state index in [1.807, 2.05) is 24.3 Å². The van der Waals surface area contributed by atoms with Crippen molar-refractivity contribution in [2.45, 2.75) is 18.9 Å². The highest BCUT2D eigenvalue weighted by Gasteiger charge is 2.25. The SMILES string of the molecule is NC(=O)c1ccccc1N1CCN(CCC2OCCc3cc(-c4ncno4)ccc32)CC1. The molecule has 0 spiro atoms. The van der Waals surface area contributed by atoms with Crippen molar-refractivity contribution in [2.75, 3.05) is 44.2 Å². The van der Waals surface area contributed by atoms with E-state index in [0.717, 1.165) is 63.4 Å². The number of aromatic nitrogens is 2. The van der Waals surface area contributed by atoms with Crippen LogP contribution in [-0.2, 0) is 11.2 Å². The number of piperazine rings is 1. The highest BCUT2D eigenvalue weighted by atomic mass is 16.5. The summed E-state index contributed by atoms with van der Waals surface area (Å²) >= 11 is 0. The molecule has 32 heavy (non-hydrogen) atoms. The standard InChI is InChI=1S/C24H27N5O3/c25-23(30)20-3-1-2-4-21(20)29-12-10-28(11-13-29)9-7-22-19-6-5-18(24-26-16-27-32-24)15-17(19)8-14-31-22/h1-6,15-16,22H,7-14H2,(H2,25,30). The molecular weight excluding hydrogens is 406 g/mol. The Labute approximate surface area is 187 Å². The molecule has 3 aromatic rings. The first kappa shape index (κ1) is 20.7. The van der Waals surface area contributed by atoms with Crippen molar-refractivity contribution in [3.05, 3.63) is 65.5 Å². The summed E-state index contributed by atoms with van der Waals surface area (Å²) in [5.41, 5.74) is 10.6. The minimum atomic E-state index is -0.376. The summed E-state index contributed by atoms with van der Waals surface area (Å²) in [5, 5.41) is 3.70. The molecule has 0 aliphatic carbocycles. The van der Waals surface area contributed by atoms with Crippen molar-refractivity contribution in [3.8, 4) is 11.5 Å². The first-order valence-electron chi connectivity index (χ1n) is 11.1. The highest BCUT2D eigenvalue weighted by molar-refractivity contribution is 5.98. The van der Waals surface area contributed by atoms with Gasteiger partial charge in [0.2, 0.25) is 0 Å². The number of ether oxygens (including phenoxy) is 1. The maximum absolute atomic E-state index is 11.8. The number of primary amides is 1. The van der Waals surface area contributed by atoms with Gasteiger partial charge >= 0.3 is 0 Å². The number of nitrogens with two attached hydrogens (primary N) is 1. The van der Waals surface area contributed by atoms with Crippen molar-refractivity contribution in [1.29, 1.82) is 0 Å². The Hall–Kier alpha value is -3.23. The van der Waals surface area contributed by atoms with Gasteiger partial charge in [-0.1, -0.05) is 23.4 Å². The van der Waals surface area contributed by atoms with Crippen LogP contribution < -0.4 is 10.6 Å². The fourth-order valence-electron chi connectivity index (χ4n) is 4.68. The molecule has 2 aliphatic rings. The molecule has 0 bridgehead atoms. The Balaban J connectivity index is 1.19. The molecule has 1 aromatic heterocycles. The van der Waals surface area contributed by atoms with Crippen molar-refractivity contribution in [3.63, 3.8) is 0 Å². The monoisotopic (exact) mass is 433 g/mol.